The molecule has 2 rings (SSSR count). The number of benzene rings is 1. The Morgan fingerprint density at radius 3 is 3.00 bits per heavy atom. The van der Waals surface area contributed by atoms with Gasteiger partial charge in [-0.15, -0.1) is 0 Å². The molecule has 0 bridgehead atoms. The molecule has 1 atom stereocenters. The quantitative estimate of drug-likeness (QED) is 0.842. The van der Waals surface area contributed by atoms with E-state index in [0.29, 0.717) is 5.92 Å². The maximum absolute atomic E-state index is 5.39. The molecule has 1 N–H and O–H groups in total. The van der Waals surface area contributed by atoms with Crippen molar-refractivity contribution in [1.29, 1.82) is 0 Å². The minimum Gasteiger partial charge on any atom is -0.496 e. The van der Waals surface area contributed by atoms with Crippen LogP contribution in [0.5, 0.6) is 5.75 Å². The third kappa shape index (κ3) is 2.20. The zero-order chi connectivity index (χ0) is 11.4. The Bertz CT molecular complexity index is 352. The Balaban J connectivity index is 2.24. The maximum Gasteiger partial charge on any atom is 0.123 e. The van der Waals surface area contributed by atoms with Crippen LogP contribution in [0.15, 0.2) is 18.2 Å². The second-order valence-electron chi connectivity index (χ2n) is 4.14. The topological polar surface area (TPSA) is 30.5 Å². The summed E-state index contributed by atoms with van der Waals surface area (Å²) >= 11 is 0. The summed E-state index contributed by atoms with van der Waals surface area (Å²) in [7, 11) is 3.48. The van der Waals surface area contributed by atoms with E-state index in [1.165, 1.54) is 11.1 Å². The molecule has 1 aromatic rings. The molecule has 0 fully saturated rings. The van der Waals surface area contributed by atoms with E-state index < -0.39 is 0 Å². The highest BCUT2D eigenvalue weighted by Gasteiger charge is 2.21. The molecule has 0 aromatic heterocycles. The van der Waals surface area contributed by atoms with Crippen LogP contribution in [0.25, 0.3) is 0 Å². The second-order valence-corrected chi connectivity index (χ2v) is 4.14. The van der Waals surface area contributed by atoms with E-state index >= 15 is 0 Å². The Kier molecular flexibility index (Phi) is 3.80. The molecule has 0 amide bonds. The molecule has 16 heavy (non-hydrogen) atoms. The van der Waals surface area contributed by atoms with Crippen molar-refractivity contribution < 1.29 is 9.47 Å². The molecule has 0 spiro atoms. The molecule has 1 heterocycles. The van der Waals surface area contributed by atoms with Gasteiger partial charge in [-0.05, 0) is 24.0 Å². The zero-order valence-electron chi connectivity index (χ0n) is 9.95. The first kappa shape index (κ1) is 11.4. The molecule has 0 saturated heterocycles. The van der Waals surface area contributed by atoms with Crippen LogP contribution in [-0.2, 0) is 11.3 Å². The van der Waals surface area contributed by atoms with Gasteiger partial charge in [0.15, 0.2) is 0 Å². The fourth-order valence-electron chi connectivity index (χ4n) is 2.34. The summed E-state index contributed by atoms with van der Waals surface area (Å²) < 4.78 is 10.6. The van der Waals surface area contributed by atoms with Gasteiger partial charge < -0.3 is 14.8 Å². The zero-order valence-corrected chi connectivity index (χ0v) is 9.95. The lowest BCUT2D eigenvalue weighted by molar-refractivity contribution is 0.186. The fourth-order valence-corrected chi connectivity index (χ4v) is 2.34. The summed E-state index contributed by atoms with van der Waals surface area (Å²) in [5.74, 6) is 1.53. The third-order valence-electron chi connectivity index (χ3n) is 3.19. The van der Waals surface area contributed by atoms with Crippen molar-refractivity contribution in [3.8, 4) is 5.75 Å². The van der Waals surface area contributed by atoms with Gasteiger partial charge in [0.1, 0.15) is 5.75 Å². The van der Waals surface area contributed by atoms with E-state index in [-0.39, 0.29) is 0 Å². The van der Waals surface area contributed by atoms with Crippen LogP contribution in [0.2, 0.25) is 0 Å². The van der Waals surface area contributed by atoms with E-state index in [1.54, 1.807) is 14.2 Å². The largest absolute Gasteiger partial charge is 0.496 e. The molecule has 1 aliphatic heterocycles. The predicted octanol–water partition coefficient (Wildman–Crippen LogP) is 1.92. The van der Waals surface area contributed by atoms with Crippen LogP contribution in [0, 0.1) is 0 Å². The smallest absolute Gasteiger partial charge is 0.123 e. The van der Waals surface area contributed by atoms with Gasteiger partial charge in [-0.25, -0.2) is 0 Å². The average Bonchev–Trinajstić information content (AvgIpc) is 2.35. The number of hydrogen-bond acceptors (Lipinski definition) is 3. The van der Waals surface area contributed by atoms with Crippen molar-refractivity contribution in [2.24, 2.45) is 0 Å². The van der Waals surface area contributed by atoms with Crippen molar-refractivity contribution in [3.05, 3.63) is 29.3 Å². The summed E-state index contributed by atoms with van der Waals surface area (Å²) in [6.45, 7) is 2.75. The Morgan fingerprint density at radius 2 is 2.25 bits per heavy atom. The minimum atomic E-state index is 0.541. The monoisotopic (exact) mass is 221 g/mol. The van der Waals surface area contributed by atoms with Gasteiger partial charge in [-0.1, -0.05) is 12.1 Å². The summed E-state index contributed by atoms with van der Waals surface area (Å²) in [5.41, 5.74) is 2.72. The van der Waals surface area contributed by atoms with Crippen LogP contribution in [0.4, 0.5) is 0 Å². The van der Waals surface area contributed by atoms with Gasteiger partial charge in [0.25, 0.3) is 0 Å². The molecule has 88 valence electrons. The lowest BCUT2D eigenvalue weighted by Crippen LogP contribution is -2.29. The maximum atomic E-state index is 5.39. The molecular formula is C13H19NO2. The van der Waals surface area contributed by atoms with Crippen LogP contribution in [0.3, 0.4) is 0 Å². The molecular weight excluding hydrogens is 202 g/mol. The summed E-state index contributed by atoms with van der Waals surface area (Å²) in [5, 5.41) is 3.44. The van der Waals surface area contributed by atoms with E-state index in [0.717, 1.165) is 31.9 Å². The van der Waals surface area contributed by atoms with Gasteiger partial charge in [0.05, 0.1) is 7.11 Å². The van der Waals surface area contributed by atoms with Crippen molar-refractivity contribution in [2.75, 3.05) is 27.4 Å². The summed E-state index contributed by atoms with van der Waals surface area (Å²) in [6, 6.07) is 6.31. The highest BCUT2D eigenvalue weighted by Crippen LogP contribution is 2.32. The van der Waals surface area contributed by atoms with Crippen molar-refractivity contribution in [2.45, 2.75) is 18.9 Å². The SMILES string of the molecule is COCCC1CNCc2c(OC)cccc21. The van der Waals surface area contributed by atoms with Gasteiger partial charge in [-0.2, -0.15) is 0 Å². The number of rotatable bonds is 4. The molecule has 0 saturated carbocycles. The van der Waals surface area contributed by atoms with Gasteiger partial charge in [-0.3, -0.25) is 0 Å². The molecule has 1 unspecified atom stereocenters. The van der Waals surface area contributed by atoms with Gasteiger partial charge in [0.2, 0.25) is 0 Å². The number of nitrogens with one attached hydrogen (secondary N) is 1. The molecule has 1 aromatic carbocycles. The number of hydrogen-bond donors (Lipinski definition) is 1. The highest BCUT2D eigenvalue weighted by atomic mass is 16.5. The number of methoxy groups -OCH3 is 2. The van der Waals surface area contributed by atoms with E-state index in [9.17, 15) is 0 Å². The lowest BCUT2D eigenvalue weighted by Gasteiger charge is -2.27. The van der Waals surface area contributed by atoms with Gasteiger partial charge in [0, 0.05) is 32.4 Å². The fraction of sp³-hybridized carbons (Fsp3) is 0.538. The first-order chi connectivity index (χ1) is 7.86. The van der Waals surface area contributed by atoms with Crippen molar-refractivity contribution >= 4 is 0 Å². The standard InChI is InChI=1S/C13H19NO2/c1-15-7-6-10-8-14-9-12-11(10)4-3-5-13(12)16-2/h3-5,10,14H,6-9H2,1-2H3. The second kappa shape index (κ2) is 5.32. The van der Waals surface area contributed by atoms with Crippen LogP contribution in [0.1, 0.15) is 23.5 Å². The highest BCUT2D eigenvalue weighted by molar-refractivity contribution is 5.43. The summed E-state index contributed by atoms with van der Waals surface area (Å²) in [4.78, 5) is 0. The minimum absolute atomic E-state index is 0.541. The molecule has 3 nitrogen and oxygen atoms in total. The Hall–Kier alpha value is -1.06. The van der Waals surface area contributed by atoms with E-state index in [1.807, 2.05) is 6.07 Å². The predicted molar refractivity (Wildman–Crippen MR) is 63.9 cm³/mol. The van der Waals surface area contributed by atoms with Gasteiger partial charge >= 0.3 is 0 Å². The molecule has 0 aliphatic carbocycles. The molecule has 3 heteroatoms. The average molecular weight is 221 g/mol. The lowest BCUT2D eigenvalue weighted by atomic mass is 9.88. The van der Waals surface area contributed by atoms with Crippen molar-refractivity contribution in [1.82, 2.24) is 5.32 Å². The molecule has 1 aliphatic rings. The molecule has 0 radical (unpaired) electrons. The van der Waals surface area contributed by atoms with Crippen molar-refractivity contribution in [3.63, 3.8) is 0 Å². The van der Waals surface area contributed by atoms with E-state index in [4.69, 9.17) is 9.47 Å². The van der Waals surface area contributed by atoms with Crippen LogP contribution in [-0.4, -0.2) is 27.4 Å². The third-order valence-corrected chi connectivity index (χ3v) is 3.19. The van der Waals surface area contributed by atoms with Crippen LogP contribution >= 0.6 is 0 Å². The normalized spacial score (nSPS) is 19.2. The Morgan fingerprint density at radius 1 is 1.38 bits per heavy atom. The van der Waals surface area contributed by atoms with E-state index in [2.05, 4.69) is 17.4 Å². The number of ether oxygens (including phenoxy) is 2. The van der Waals surface area contributed by atoms with Crippen LogP contribution < -0.4 is 10.1 Å². The number of fused-ring (bicyclic) bond motifs is 1. The Labute approximate surface area is 96.8 Å². The first-order valence-electron chi connectivity index (χ1n) is 5.72. The summed E-state index contributed by atoms with van der Waals surface area (Å²) in [6.07, 6.45) is 1.06. The first-order valence-corrected chi connectivity index (χ1v) is 5.72.